The maximum absolute atomic E-state index is 12.6. The number of carbonyl (C=O) groups is 1. The minimum absolute atomic E-state index is 0.162. The molecule has 4 rings (SSSR count). The average Bonchev–Trinajstić information content (AvgIpc) is 3.23. The normalized spacial score (nSPS) is 14.9. The number of thioether (sulfide) groups is 1. The van der Waals surface area contributed by atoms with Gasteiger partial charge in [-0.05, 0) is 6.92 Å². The van der Waals surface area contributed by atoms with E-state index in [1.807, 2.05) is 35.2 Å². The molecule has 2 heterocycles. The van der Waals surface area contributed by atoms with Crippen LogP contribution in [0.15, 0.2) is 59.8 Å². The number of amides is 1. The van der Waals surface area contributed by atoms with Gasteiger partial charge in [0.05, 0.1) is 31.9 Å². The number of hydrogen-bond donors (Lipinski definition) is 2. The number of piperazine rings is 1. The lowest BCUT2D eigenvalue weighted by atomic mass is 10.1. The van der Waals surface area contributed by atoms with E-state index in [1.54, 1.807) is 0 Å². The second-order valence-electron chi connectivity index (χ2n) is 7.41. The number of H-pyrrole nitrogens is 1. The summed E-state index contributed by atoms with van der Waals surface area (Å²) in [7, 11) is 0. The van der Waals surface area contributed by atoms with Crippen molar-refractivity contribution in [3.63, 3.8) is 0 Å². The number of carbonyl (C=O) groups excluding carboxylic acids is 1. The minimum atomic E-state index is 0.162. The Kier molecular flexibility index (Phi) is 6.27. The Labute approximate surface area is 175 Å². The van der Waals surface area contributed by atoms with Gasteiger partial charge in [-0.2, -0.15) is 0 Å². The summed E-state index contributed by atoms with van der Waals surface area (Å²) in [6.07, 6.45) is 0. The molecule has 0 bridgehead atoms. The largest absolute Gasteiger partial charge is 0.331 e. The van der Waals surface area contributed by atoms with E-state index in [4.69, 9.17) is 0 Å². The average molecular weight is 409 g/mol. The second-order valence-corrected chi connectivity index (χ2v) is 8.36. The number of quaternary nitrogens is 1. The molecule has 1 fully saturated rings. The molecular formula is C22H26N5OS+. The molecule has 0 atom stereocenters. The first-order valence-electron chi connectivity index (χ1n) is 9.95. The SMILES string of the molecule is Cc1ccc(-c2nc(SCC(=O)N3CC[NH+](Cc4ccccc4)CC3)n[nH]2)cc1. The predicted molar refractivity (Wildman–Crippen MR) is 115 cm³/mol. The number of aryl methyl sites for hydroxylation is 1. The molecule has 7 heteroatoms. The molecule has 1 aliphatic rings. The van der Waals surface area contributed by atoms with Crippen LogP contribution in [-0.2, 0) is 11.3 Å². The van der Waals surface area contributed by atoms with Gasteiger partial charge in [0.25, 0.3) is 0 Å². The third-order valence-corrected chi connectivity index (χ3v) is 6.07. The van der Waals surface area contributed by atoms with Crippen molar-refractivity contribution in [2.45, 2.75) is 18.6 Å². The maximum atomic E-state index is 12.6. The van der Waals surface area contributed by atoms with Gasteiger partial charge >= 0.3 is 0 Å². The molecule has 0 saturated carbocycles. The number of aromatic nitrogens is 3. The van der Waals surface area contributed by atoms with Crippen molar-refractivity contribution in [2.24, 2.45) is 0 Å². The fraction of sp³-hybridized carbons (Fsp3) is 0.318. The molecule has 1 aliphatic heterocycles. The van der Waals surface area contributed by atoms with Crippen molar-refractivity contribution >= 4 is 17.7 Å². The van der Waals surface area contributed by atoms with Crippen LogP contribution in [0.2, 0.25) is 0 Å². The van der Waals surface area contributed by atoms with Crippen LogP contribution >= 0.6 is 11.8 Å². The van der Waals surface area contributed by atoms with E-state index >= 15 is 0 Å². The van der Waals surface area contributed by atoms with Gasteiger partial charge < -0.3 is 9.80 Å². The first-order chi connectivity index (χ1) is 14.2. The van der Waals surface area contributed by atoms with E-state index in [9.17, 15) is 4.79 Å². The van der Waals surface area contributed by atoms with E-state index in [-0.39, 0.29) is 5.91 Å². The highest BCUT2D eigenvalue weighted by Gasteiger charge is 2.24. The maximum Gasteiger partial charge on any atom is 0.233 e. The fourth-order valence-corrected chi connectivity index (χ4v) is 4.20. The van der Waals surface area contributed by atoms with Crippen LogP contribution in [-0.4, -0.2) is 57.9 Å². The zero-order valence-corrected chi connectivity index (χ0v) is 17.4. The van der Waals surface area contributed by atoms with E-state index in [0.29, 0.717) is 10.9 Å². The third kappa shape index (κ3) is 5.25. The molecule has 1 saturated heterocycles. The Morgan fingerprint density at radius 2 is 1.83 bits per heavy atom. The smallest absolute Gasteiger partial charge is 0.233 e. The van der Waals surface area contributed by atoms with Gasteiger partial charge in [-0.3, -0.25) is 9.89 Å². The monoisotopic (exact) mass is 408 g/mol. The summed E-state index contributed by atoms with van der Waals surface area (Å²) >= 11 is 1.39. The summed E-state index contributed by atoms with van der Waals surface area (Å²) in [6.45, 7) is 6.68. The van der Waals surface area contributed by atoms with Gasteiger partial charge in [0, 0.05) is 11.1 Å². The minimum Gasteiger partial charge on any atom is -0.331 e. The van der Waals surface area contributed by atoms with Gasteiger partial charge in [-0.25, -0.2) is 4.98 Å². The van der Waals surface area contributed by atoms with Gasteiger partial charge in [0.2, 0.25) is 11.1 Å². The lowest BCUT2D eigenvalue weighted by Gasteiger charge is -2.32. The van der Waals surface area contributed by atoms with Gasteiger partial charge in [0.1, 0.15) is 6.54 Å². The van der Waals surface area contributed by atoms with Crippen molar-refractivity contribution < 1.29 is 9.69 Å². The molecular weight excluding hydrogens is 382 g/mol. The van der Waals surface area contributed by atoms with Gasteiger partial charge in [0.15, 0.2) is 5.82 Å². The zero-order valence-electron chi connectivity index (χ0n) is 16.6. The highest BCUT2D eigenvalue weighted by atomic mass is 32.2. The lowest BCUT2D eigenvalue weighted by molar-refractivity contribution is -0.917. The van der Waals surface area contributed by atoms with Crippen molar-refractivity contribution in [3.8, 4) is 11.4 Å². The molecule has 0 aliphatic carbocycles. The number of nitrogens with one attached hydrogen (secondary N) is 2. The zero-order chi connectivity index (χ0) is 20.1. The number of nitrogens with zero attached hydrogens (tertiary/aromatic N) is 3. The molecule has 0 spiro atoms. The highest BCUT2D eigenvalue weighted by Crippen LogP contribution is 2.19. The van der Waals surface area contributed by atoms with E-state index < -0.39 is 0 Å². The molecule has 2 aromatic carbocycles. The quantitative estimate of drug-likeness (QED) is 0.611. The molecule has 2 N–H and O–H groups in total. The van der Waals surface area contributed by atoms with Crippen LogP contribution in [0.25, 0.3) is 11.4 Å². The van der Waals surface area contributed by atoms with Crippen LogP contribution in [0.4, 0.5) is 0 Å². The Morgan fingerprint density at radius 3 is 2.55 bits per heavy atom. The number of hydrogen-bond acceptors (Lipinski definition) is 4. The first-order valence-corrected chi connectivity index (χ1v) is 10.9. The molecule has 3 aromatic rings. The Morgan fingerprint density at radius 1 is 1.10 bits per heavy atom. The molecule has 0 radical (unpaired) electrons. The molecule has 6 nitrogen and oxygen atoms in total. The van der Waals surface area contributed by atoms with Crippen LogP contribution in [0.1, 0.15) is 11.1 Å². The fourth-order valence-electron chi connectivity index (χ4n) is 3.50. The standard InChI is InChI=1S/C22H25N5OS/c1-17-7-9-19(10-8-17)21-23-22(25-24-21)29-16-20(28)27-13-11-26(12-14-27)15-18-5-3-2-4-6-18/h2-10H,11-16H2,1H3,(H,23,24,25)/p+1. The first kappa shape index (κ1) is 19.7. The Bertz CT molecular complexity index is 933. The van der Waals surface area contributed by atoms with E-state index in [0.717, 1.165) is 44.1 Å². The van der Waals surface area contributed by atoms with Crippen molar-refractivity contribution in [1.82, 2.24) is 20.1 Å². The molecule has 1 amide bonds. The third-order valence-electron chi connectivity index (χ3n) is 5.23. The summed E-state index contributed by atoms with van der Waals surface area (Å²) in [5.74, 6) is 1.27. The summed E-state index contributed by atoms with van der Waals surface area (Å²) < 4.78 is 0. The number of benzene rings is 2. The lowest BCUT2D eigenvalue weighted by Crippen LogP contribution is -3.13. The molecule has 29 heavy (non-hydrogen) atoms. The van der Waals surface area contributed by atoms with Crippen LogP contribution in [0, 0.1) is 6.92 Å². The predicted octanol–water partition coefficient (Wildman–Crippen LogP) is 1.80. The summed E-state index contributed by atoms with van der Waals surface area (Å²) in [6, 6.07) is 18.7. The van der Waals surface area contributed by atoms with Crippen LogP contribution in [0.5, 0.6) is 0 Å². The molecule has 150 valence electrons. The number of aromatic amines is 1. The Hall–Kier alpha value is -2.64. The topological polar surface area (TPSA) is 66.3 Å². The van der Waals surface area contributed by atoms with E-state index in [1.165, 1.54) is 27.8 Å². The summed E-state index contributed by atoms with van der Waals surface area (Å²) in [5.41, 5.74) is 3.56. The van der Waals surface area contributed by atoms with Crippen molar-refractivity contribution in [1.29, 1.82) is 0 Å². The van der Waals surface area contributed by atoms with Crippen LogP contribution in [0.3, 0.4) is 0 Å². The summed E-state index contributed by atoms with van der Waals surface area (Å²) in [5, 5.41) is 7.82. The van der Waals surface area contributed by atoms with Crippen molar-refractivity contribution in [2.75, 3.05) is 31.9 Å². The second kappa shape index (κ2) is 9.24. The van der Waals surface area contributed by atoms with Crippen LogP contribution < -0.4 is 4.90 Å². The number of rotatable bonds is 6. The molecule has 1 aromatic heterocycles. The van der Waals surface area contributed by atoms with Gasteiger partial charge in [-0.15, -0.1) is 5.10 Å². The van der Waals surface area contributed by atoms with Crippen molar-refractivity contribution in [3.05, 3.63) is 65.7 Å². The van der Waals surface area contributed by atoms with E-state index in [2.05, 4.69) is 46.4 Å². The Balaban J connectivity index is 1.24. The van der Waals surface area contributed by atoms with Gasteiger partial charge in [-0.1, -0.05) is 71.9 Å². The summed E-state index contributed by atoms with van der Waals surface area (Å²) in [4.78, 5) is 20.6. The molecule has 0 unspecified atom stereocenters. The highest BCUT2D eigenvalue weighted by molar-refractivity contribution is 7.99.